The fourth-order valence-electron chi connectivity index (χ4n) is 1.75. The van der Waals surface area contributed by atoms with E-state index in [4.69, 9.17) is 4.74 Å². The molecule has 0 saturated carbocycles. The van der Waals surface area contributed by atoms with Crippen molar-refractivity contribution in [2.24, 2.45) is 0 Å². The van der Waals surface area contributed by atoms with Gasteiger partial charge in [-0.15, -0.1) is 0 Å². The second-order valence-corrected chi connectivity index (χ2v) is 4.67. The van der Waals surface area contributed by atoms with E-state index in [1.54, 1.807) is 12.4 Å². The Balaban J connectivity index is 2.09. The van der Waals surface area contributed by atoms with E-state index >= 15 is 0 Å². The van der Waals surface area contributed by atoms with Crippen molar-refractivity contribution in [3.8, 4) is 5.75 Å². The lowest BCUT2D eigenvalue weighted by atomic mass is 10.1. The average molecular weight is 257 g/mol. The molecule has 0 aliphatic carbocycles. The molecule has 0 aliphatic heterocycles. The van der Waals surface area contributed by atoms with Gasteiger partial charge in [-0.1, -0.05) is 0 Å². The third kappa shape index (κ3) is 3.68. The standard InChI is InChI=1S/C15H19N3O/c1-11(2)19-14-5-4-7-17-15(14)18-10-13-6-8-16-9-12(13)3/h4-9,11H,10H2,1-3H3,(H,17,18). The lowest BCUT2D eigenvalue weighted by Gasteiger charge is -2.14. The Bertz CT molecular complexity index is 540. The van der Waals surface area contributed by atoms with Crippen LogP contribution in [0.1, 0.15) is 25.0 Å². The highest BCUT2D eigenvalue weighted by Gasteiger charge is 2.06. The number of nitrogens with zero attached hydrogens (tertiary/aromatic N) is 2. The highest BCUT2D eigenvalue weighted by molar-refractivity contribution is 5.50. The number of nitrogens with one attached hydrogen (secondary N) is 1. The molecule has 0 atom stereocenters. The van der Waals surface area contributed by atoms with Crippen molar-refractivity contribution in [3.05, 3.63) is 47.9 Å². The van der Waals surface area contributed by atoms with Crippen molar-refractivity contribution in [1.29, 1.82) is 0 Å². The van der Waals surface area contributed by atoms with Crippen molar-refractivity contribution in [1.82, 2.24) is 9.97 Å². The number of anilines is 1. The molecule has 4 nitrogen and oxygen atoms in total. The first-order chi connectivity index (χ1) is 9.16. The number of hydrogen-bond acceptors (Lipinski definition) is 4. The maximum atomic E-state index is 5.73. The number of rotatable bonds is 5. The van der Waals surface area contributed by atoms with Gasteiger partial charge >= 0.3 is 0 Å². The van der Waals surface area contributed by atoms with E-state index in [2.05, 4.69) is 15.3 Å². The minimum absolute atomic E-state index is 0.132. The molecule has 2 rings (SSSR count). The molecule has 0 fully saturated rings. The SMILES string of the molecule is Cc1cnccc1CNc1ncccc1OC(C)C. The Labute approximate surface area is 113 Å². The molecule has 1 N–H and O–H groups in total. The zero-order valence-corrected chi connectivity index (χ0v) is 11.6. The van der Waals surface area contributed by atoms with Crippen LogP contribution in [0.5, 0.6) is 5.75 Å². The second-order valence-electron chi connectivity index (χ2n) is 4.67. The van der Waals surface area contributed by atoms with Crippen LogP contribution < -0.4 is 10.1 Å². The first-order valence-corrected chi connectivity index (χ1v) is 6.42. The summed E-state index contributed by atoms with van der Waals surface area (Å²) in [7, 11) is 0. The summed E-state index contributed by atoms with van der Waals surface area (Å²) in [6.45, 7) is 6.77. The van der Waals surface area contributed by atoms with Gasteiger partial charge in [-0.2, -0.15) is 0 Å². The molecule has 100 valence electrons. The van der Waals surface area contributed by atoms with Crippen LogP contribution in [0.3, 0.4) is 0 Å². The number of hydrogen-bond donors (Lipinski definition) is 1. The Kier molecular flexibility index (Phi) is 4.34. The predicted molar refractivity (Wildman–Crippen MR) is 76.3 cm³/mol. The van der Waals surface area contributed by atoms with E-state index in [0.717, 1.165) is 17.1 Å². The quantitative estimate of drug-likeness (QED) is 0.893. The van der Waals surface area contributed by atoms with Crippen LogP contribution in [0.15, 0.2) is 36.8 Å². The summed E-state index contributed by atoms with van der Waals surface area (Å²) in [6, 6.07) is 5.81. The Hall–Kier alpha value is -2.10. The molecular formula is C15H19N3O. The summed E-state index contributed by atoms with van der Waals surface area (Å²) >= 11 is 0. The highest BCUT2D eigenvalue weighted by atomic mass is 16.5. The minimum Gasteiger partial charge on any atom is -0.487 e. The van der Waals surface area contributed by atoms with E-state index in [-0.39, 0.29) is 6.10 Å². The molecule has 0 unspecified atom stereocenters. The molecule has 19 heavy (non-hydrogen) atoms. The summed E-state index contributed by atoms with van der Waals surface area (Å²) in [5.74, 6) is 1.55. The van der Waals surface area contributed by atoms with E-state index in [0.29, 0.717) is 6.54 Å². The third-order valence-electron chi connectivity index (χ3n) is 2.72. The molecular weight excluding hydrogens is 238 g/mol. The molecule has 0 aliphatic rings. The van der Waals surface area contributed by atoms with Gasteiger partial charge in [0.15, 0.2) is 11.6 Å². The van der Waals surface area contributed by atoms with Crippen LogP contribution in [-0.2, 0) is 6.54 Å². The zero-order valence-electron chi connectivity index (χ0n) is 11.6. The summed E-state index contributed by atoms with van der Waals surface area (Å²) < 4.78 is 5.73. The van der Waals surface area contributed by atoms with Gasteiger partial charge in [0, 0.05) is 25.1 Å². The topological polar surface area (TPSA) is 47.0 Å². The molecule has 0 radical (unpaired) electrons. The van der Waals surface area contributed by atoms with E-state index in [9.17, 15) is 0 Å². The largest absolute Gasteiger partial charge is 0.487 e. The van der Waals surface area contributed by atoms with Crippen LogP contribution >= 0.6 is 0 Å². The third-order valence-corrected chi connectivity index (χ3v) is 2.72. The highest BCUT2D eigenvalue weighted by Crippen LogP contribution is 2.22. The molecule has 0 aromatic carbocycles. The van der Waals surface area contributed by atoms with Gasteiger partial charge in [-0.3, -0.25) is 4.98 Å². The van der Waals surface area contributed by atoms with E-state index < -0.39 is 0 Å². The Morgan fingerprint density at radius 1 is 1.26 bits per heavy atom. The molecule has 0 spiro atoms. The van der Waals surface area contributed by atoms with Gasteiger partial charge in [0.25, 0.3) is 0 Å². The van der Waals surface area contributed by atoms with Crippen molar-refractivity contribution in [2.75, 3.05) is 5.32 Å². The zero-order chi connectivity index (χ0) is 13.7. The summed E-state index contributed by atoms with van der Waals surface area (Å²) in [6.07, 6.45) is 5.55. The van der Waals surface area contributed by atoms with Crippen LogP contribution in [0.4, 0.5) is 5.82 Å². The van der Waals surface area contributed by atoms with Crippen molar-refractivity contribution >= 4 is 5.82 Å². The van der Waals surface area contributed by atoms with Crippen LogP contribution in [0.25, 0.3) is 0 Å². The van der Waals surface area contributed by atoms with Gasteiger partial charge < -0.3 is 10.1 Å². The molecule has 0 amide bonds. The van der Waals surface area contributed by atoms with Gasteiger partial charge in [0.1, 0.15) is 0 Å². The lowest BCUT2D eigenvalue weighted by molar-refractivity contribution is 0.243. The van der Waals surface area contributed by atoms with Crippen LogP contribution in [-0.4, -0.2) is 16.1 Å². The first-order valence-electron chi connectivity index (χ1n) is 6.42. The lowest BCUT2D eigenvalue weighted by Crippen LogP contribution is -2.10. The number of aromatic nitrogens is 2. The molecule has 0 bridgehead atoms. The van der Waals surface area contributed by atoms with E-state index in [1.165, 1.54) is 5.56 Å². The van der Waals surface area contributed by atoms with Crippen molar-refractivity contribution < 1.29 is 4.74 Å². The minimum atomic E-state index is 0.132. The van der Waals surface area contributed by atoms with E-state index in [1.807, 2.05) is 45.2 Å². The van der Waals surface area contributed by atoms with Crippen LogP contribution in [0, 0.1) is 6.92 Å². The fourth-order valence-corrected chi connectivity index (χ4v) is 1.75. The Morgan fingerprint density at radius 2 is 2.11 bits per heavy atom. The molecule has 2 aromatic heterocycles. The van der Waals surface area contributed by atoms with Gasteiger partial charge in [0.2, 0.25) is 0 Å². The average Bonchev–Trinajstić information content (AvgIpc) is 2.39. The van der Waals surface area contributed by atoms with Crippen LogP contribution in [0.2, 0.25) is 0 Å². The Morgan fingerprint density at radius 3 is 2.84 bits per heavy atom. The molecule has 2 heterocycles. The predicted octanol–water partition coefficient (Wildman–Crippen LogP) is 3.18. The maximum Gasteiger partial charge on any atom is 0.169 e. The number of pyridine rings is 2. The molecule has 0 saturated heterocycles. The monoisotopic (exact) mass is 257 g/mol. The second kappa shape index (κ2) is 6.18. The molecule has 2 aromatic rings. The molecule has 4 heteroatoms. The van der Waals surface area contributed by atoms with Crippen molar-refractivity contribution in [2.45, 2.75) is 33.4 Å². The summed E-state index contributed by atoms with van der Waals surface area (Å²) in [4.78, 5) is 8.41. The van der Waals surface area contributed by atoms with Gasteiger partial charge in [-0.05, 0) is 50.1 Å². The van der Waals surface area contributed by atoms with Gasteiger partial charge in [-0.25, -0.2) is 4.98 Å². The normalized spacial score (nSPS) is 10.5. The first kappa shape index (κ1) is 13.3. The number of aryl methyl sites for hydroxylation is 1. The fraction of sp³-hybridized carbons (Fsp3) is 0.333. The van der Waals surface area contributed by atoms with Gasteiger partial charge in [0.05, 0.1) is 6.10 Å². The summed E-state index contributed by atoms with van der Waals surface area (Å²) in [5.41, 5.74) is 2.37. The number of ether oxygens (including phenoxy) is 1. The smallest absolute Gasteiger partial charge is 0.169 e. The maximum absolute atomic E-state index is 5.73. The van der Waals surface area contributed by atoms with Crippen molar-refractivity contribution in [3.63, 3.8) is 0 Å². The summed E-state index contributed by atoms with van der Waals surface area (Å²) in [5, 5.41) is 3.31.